The average molecular weight is 441 g/mol. The second-order valence-electron chi connectivity index (χ2n) is 7.36. The van der Waals surface area contributed by atoms with E-state index in [-0.39, 0.29) is 40.6 Å². The predicted octanol–water partition coefficient (Wildman–Crippen LogP) is -3.26. The van der Waals surface area contributed by atoms with Gasteiger partial charge < -0.3 is 30.1 Å². The number of carbonyl (C=O) groups is 3. The van der Waals surface area contributed by atoms with Crippen molar-refractivity contribution in [3.63, 3.8) is 0 Å². The number of fused-ring (bicyclic) bond motifs is 1. The first-order valence-corrected chi connectivity index (χ1v) is 9.64. The van der Waals surface area contributed by atoms with E-state index in [4.69, 9.17) is 4.52 Å². The summed E-state index contributed by atoms with van der Waals surface area (Å²) >= 11 is 1.34. The van der Waals surface area contributed by atoms with Crippen molar-refractivity contribution in [1.29, 1.82) is 0 Å². The molecule has 3 heterocycles. The van der Waals surface area contributed by atoms with Gasteiger partial charge in [-0.15, -0.1) is 11.8 Å². The molecule has 2 saturated heterocycles. The van der Waals surface area contributed by atoms with Crippen LogP contribution >= 0.6 is 11.8 Å². The van der Waals surface area contributed by atoms with Crippen molar-refractivity contribution < 1.29 is 59.0 Å². The summed E-state index contributed by atoms with van der Waals surface area (Å²) < 4.78 is 4.49. The van der Waals surface area contributed by atoms with Gasteiger partial charge in [-0.3, -0.25) is 9.59 Å². The van der Waals surface area contributed by atoms with E-state index < -0.39 is 40.0 Å². The summed E-state index contributed by atoms with van der Waals surface area (Å²) in [5.74, 6) is -1.86. The standard InChI is InChI=1S/C19H19N3O5S.Na.H2O/c1-9-11(12(21-27-9)10-7-5-4-6-8-10)15(23)20-13-16(24)22-14(18(25)26)19(2,3)28-17(13)22;;/h4-8,13-14,17H,1-3H3,(H,20,23)(H,25,26);;1H2/q;+1;/p-1. The second kappa shape index (κ2) is 8.72. The van der Waals surface area contributed by atoms with Gasteiger partial charge in [-0.05, 0) is 20.8 Å². The fourth-order valence-corrected chi connectivity index (χ4v) is 5.39. The van der Waals surface area contributed by atoms with E-state index in [1.54, 1.807) is 20.8 Å². The Morgan fingerprint density at radius 3 is 2.50 bits per heavy atom. The number of amides is 2. The van der Waals surface area contributed by atoms with Crippen LogP contribution in [-0.4, -0.2) is 55.5 Å². The number of aryl methyl sites for hydroxylation is 1. The quantitative estimate of drug-likeness (QED) is 0.387. The van der Waals surface area contributed by atoms with Crippen molar-refractivity contribution in [2.75, 3.05) is 0 Å². The van der Waals surface area contributed by atoms with E-state index in [0.29, 0.717) is 11.5 Å². The smallest absolute Gasteiger partial charge is 0.548 e. The molecule has 11 heteroatoms. The summed E-state index contributed by atoms with van der Waals surface area (Å²) in [6.45, 7) is 5.13. The van der Waals surface area contributed by atoms with E-state index in [2.05, 4.69) is 10.5 Å². The van der Waals surface area contributed by atoms with Crippen LogP contribution in [0.4, 0.5) is 0 Å². The molecule has 3 N–H and O–H groups in total. The maximum atomic E-state index is 12.9. The Balaban J connectivity index is 0.00000160. The minimum absolute atomic E-state index is 0. The van der Waals surface area contributed by atoms with Crippen molar-refractivity contribution in [1.82, 2.24) is 15.4 Å². The Kier molecular flexibility index (Phi) is 7.10. The molecule has 2 aliphatic heterocycles. The maximum Gasteiger partial charge on any atom is 1.00 e. The van der Waals surface area contributed by atoms with Crippen LogP contribution < -0.4 is 40.0 Å². The van der Waals surface area contributed by atoms with Gasteiger partial charge >= 0.3 is 29.6 Å². The molecular weight excluding hydrogens is 421 g/mol. The molecule has 0 radical (unpaired) electrons. The molecule has 4 rings (SSSR count). The molecular formula is C19H20N3NaO6S. The number of β-lactam (4-membered cyclic amide) rings is 1. The second-order valence-corrected chi connectivity index (χ2v) is 9.13. The van der Waals surface area contributed by atoms with E-state index in [1.165, 1.54) is 16.7 Å². The first kappa shape index (κ1) is 24.4. The third-order valence-corrected chi connectivity index (χ3v) is 6.66. The van der Waals surface area contributed by atoms with Crippen molar-refractivity contribution >= 4 is 29.5 Å². The van der Waals surface area contributed by atoms with Crippen LogP contribution in [0.2, 0.25) is 0 Å². The van der Waals surface area contributed by atoms with Gasteiger partial charge in [-0.25, -0.2) is 0 Å². The first-order chi connectivity index (χ1) is 13.2. The number of hydrogen-bond donors (Lipinski definition) is 1. The fraction of sp³-hybridized carbons (Fsp3) is 0.368. The van der Waals surface area contributed by atoms with Crippen molar-refractivity contribution in [3.8, 4) is 11.3 Å². The van der Waals surface area contributed by atoms with Gasteiger partial charge in [-0.1, -0.05) is 35.5 Å². The predicted molar refractivity (Wildman–Crippen MR) is 103 cm³/mol. The summed E-state index contributed by atoms with van der Waals surface area (Å²) in [5.41, 5.74) is 1.38. The molecule has 0 saturated carbocycles. The molecule has 2 amide bonds. The Labute approximate surface area is 199 Å². The van der Waals surface area contributed by atoms with E-state index in [1.807, 2.05) is 30.3 Å². The zero-order valence-electron chi connectivity index (χ0n) is 17.0. The number of carboxylic acids is 1. The van der Waals surface area contributed by atoms with Crippen LogP contribution in [0.3, 0.4) is 0 Å². The Morgan fingerprint density at radius 2 is 1.90 bits per heavy atom. The largest absolute Gasteiger partial charge is 1.00 e. The van der Waals surface area contributed by atoms with Crippen LogP contribution in [0.5, 0.6) is 0 Å². The zero-order valence-corrected chi connectivity index (χ0v) is 19.8. The number of rotatable bonds is 4. The molecule has 0 spiro atoms. The zero-order chi connectivity index (χ0) is 20.2. The number of nitrogens with one attached hydrogen (secondary N) is 1. The molecule has 1 aromatic carbocycles. The molecule has 9 nitrogen and oxygen atoms in total. The third kappa shape index (κ3) is 3.78. The number of carboxylic acid groups (broad SMARTS) is 1. The number of carbonyl (C=O) groups excluding carboxylic acids is 3. The number of hydrogen-bond acceptors (Lipinski definition) is 7. The van der Waals surface area contributed by atoms with E-state index >= 15 is 0 Å². The number of aromatic nitrogens is 1. The molecule has 154 valence electrons. The summed E-state index contributed by atoms with van der Waals surface area (Å²) in [5, 5.41) is 17.7. The summed E-state index contributed by atoms with van der Waals surface area (Å²) in [6.07, 6.45) is 0. The molecule has 2 aromatic rings. The molecule has 0 aliphatic carbocycles. The Bertz CT molecular complexity index is 980. The first-order valence-electron chi connectivity index (χ1n) is 8.76. The van der Waals surface area contributed by atoms with Gasteiger partial charge in [0.15, 0.2) is 0 Å². The van der Waals surface area contributed by atoms with Crippen LogP contribution in [-0.2, 0) is 9.59 Å². The fourth-order valence-electron chi connectivity index (χ4n) is 3.77. The number of nitrogens with zero attached hydrogens (tertiary/aromatic N) is 2. The van der Waals surface area contributed by atoms with Crippen molar-refractivity contribution in [3.05, 3.63) is 41.7 Å². The maximum absolute atomic E-state index is 12.9. The minimum Gasteiger partial charge on any atom is -0.548 e. The molecule has 0 bridgehead atoms. The molecule has 30 heavy (non-hydrogen) atoms. The van der Waals surface area contributed by atoms with Gasteiger partial charge in [0, 0.05) is 10.3 Å². The summed E-state index contributed by atoms with van der Waals surface area (Å²) in [4.78, 5) is 38.2. The number of thioether (sulfide) groups is 1. The Morgan fingerprint density at radius 1 is 1.27 bits per heavy atom. The van der Waals surface area contributed by atoms with Gasteiger partial charge in [0.05, 0.1) is 12.0 Å². The summed E-state index contributed by atoms with van der Waals surface area (Å²) in [7, 11) is 0. The normalized spacial score (nSPS) is 23.5. The van der Waals surface area contributed by atoms with Crippen LogP contribution in [0.15, 0.2) is 34.9 Å². The van der Waals surface area contributed by atoms with Crippen molar-refractivity contribution in [2.45, 2.75) is 43.0 Å². The topological polar surface area (TPSA) is 147 Å². The van der Waals surface area contributed by atoms with E-state index in [9.17, 15) is 19.5 Å². The van der Waals surface area contributed by atoms with Crippen LogP contribution in [0.1, 0.15) is 30.0 Å². The number of aliphatic carboxylic acids is 1. The monoisotopic (exact) mass is 441 g/mol. The van der Waals surface area contributed by atoms with E-state index in [0.717, 1.165) is 5.56 Å². The SMILES string of the molecule is Cc1onc(-c2ccccc2)c1C(=O)NC1C(=O)N2C1SC(C)(C)C2C(=O)[O-].O.[Na+]. The number of benzene rings is 1. The van der Waals surface area contributed by atoms with Gasteiger partial charge in [0.25, 0.3) is 5.91 Å². The minimum atomic E-state index is -1.29. The van der Waals surface area contributed by atoms with Gasteiger partial charge in [-0.2, -0.15) is 0 Å². The van der Waals surface area contributed by atoms with Crippen LogP contribution in [0.25, 0.3) is 11.3 Å². The molecule has 2 aliphatic rings. The molecule has 3 unspecified atom stereocenters. The average Bonchev–Trinajstić information content (AvgIpc) is 3.15. The molecule has 2 fully saturated rings. The summed E-state index contributed by atoms with van der Waals surface area (Å²) in [6, 6.07) is 7.29. The van der Waals surface area contributed by atoms with Gasteiger partial charge in [0.1, 0.15) is 28.4 Å². The third-order valence-electron chi connectivity index (χ3n) is 5.09. The molecule has 1 aromatic heterocycles. The molecule has 3 atom stereocenters. The Hall–Kier alpha value is -1.85. The van der Waals surface area contributed by atoms with Gasteiger partial charge in [0.2, 0.25) is 5.91 Å². The van der Waals surface area contributed by atoms with Crippen molar-refractivity contribution in [2.24, 2.45) is 0 Å². The van der Waals surface area contributed by atoms with Crippen LogP contribution in [0, 0.1) is 6.92 Å².